The van der Waals surface area contributed by atoms with Gasteiger partial charge in [-0.2, -0.15) is 0 Å². The van der Waals surface area contributed by atoms with E-state index in [4.69, 9.17) is 21.4 Å². The molecule has 0 unspecified atom stereocenters. The molecule has 0 bridgehead atoms. The third-order valence-corrected chi connectivity index (χ3v) is 6.04. The van der Waals surface area contributed by atoms with E-state index in [0.717, 1.165) is 15.6 Å². The summed E-state index contributed by atoms with van der Waals surface area (Å²) in [4.78, 5) is 29.2. The first-order chi connectivity index (χ1) is 14.4. The number of halogens is 1. The summed E-state index contributed by atoms with van der Waals surface area (Å²) in [6.45, 7) is 6.52. The summed E-state index contributed by atoms with van der Waals surface area (Å²) in [5.74, 6) is 0.0104. The zero-order valence-corrected chi connectivity index (χ0v) is 18.9. The van der Waals surface area contributed by atoms with Crippen molar-refractivity contribution in [3.05, 3.63) is 51.2 Å². The molecule has 0 radical (unpaired) electrons. The second kappa shape index (κ2) is 8.33. The van der Waals surface area contributed by atoms with Gasteiger partial charge in [-0.15, -0.1) is 0 Å². The molecule has 2 aliphatic heterocycles. The minimum atomic E-state index is -0.549. The first-order valence-electron chi connectivity index (χ1n) is 9.46. The average Bonchev–Trinajstić information content (AvgIpc) is 3.09. The van der Waals surface area contributed by atoms with Crippen LogP contribution >= 0.6 is 28.1 Å². The van der Waals surface area contributed by atoms with Crippen molar-refractivity contribution in [1.29, 1.82) is 0 Å². The zero-order chi connectivity index (χ0) is 21.4. The van der Waals surface area contributed by atoms with E-state index in [1.807, 2.05) is 32.0 Å². The summed E-state index contributed by atoms with van der Waals surface area (Å²) in [5, 5.41) is 2.67. The van der Waals surface area contributed by atoms with Crippen molar-refractivity contribution in [3.63, 3.8) is 0 Å². The van der Waals surface area contributed by atoms with Crippen LogP contribution in [0.5, 0.6) is 0 Å². The van der Waals surface area contributed by atoms with E-state index < -0.39 is 11.8 Å². The number of thiocarbonyl (C=S) groups is 1. The second-order valence-electron chi connectivity index (χ2n) is 7.08. The number of hydrogen-bond acceptors (Lipinski definition) is 6. The minimum Gasteiger partial charge on any atom is -0.440 e. The number of ether oxygens (including phenoxy) is 1. The van der Waals surface area contributed by atoms with Crippen LogP contribution in [0.2, 0.25) is 0 Å². The summed E-state index contributed by atoms with van der Waals surface area (Å²) in [5.41, 5.74) is 2.54. The van der Waals surface area contributed by atoms with Crippen LogP contribution in [0.25, 0.3) is 6.08 Å². The van der Waals surface area contributed by atoms with E-state index in [-0.39, 0.29) is 10.7 Å². The van der Waals surface area contributed by atoms with Crippen molar-refractivity contribution >= 4 is 62.7 Å². The largest absolute Gasteiger partial charge is 0.440 e. The number of morpholine rings is 1. The summed E-state index contributed by atoms with van der Waals surface area (Å²) < 4.78 is 12.1. The maximum Gasteiger partial charge on any atom is 0.270 e. The molecule has 0 saturated carbocycles. The Kier molecular flexibility index (Phi) is 5.77. The lowest BCUT2D eigenvalue weighted by Gasteiger charge is -2.30. The highest BCUT2D eigenvalue weighted by atomic mass is 79.9. The predicted octanol–water partition coefficient (Wildman–Crippen LogP) is 3.33. The molecule has 2 aliphatic rings. The summed E-state index contributed by atoms with van der Waals surface area (Å²) in [6, 6.07) is 7.36. The van der Waals surface area contributed by atoms with E-state index in [1.54, 1.807) is 6.07 Å². The molecule has 1 aromatic carbocycles. The lowest BCUT2D eigenvalue weighted by molar-refractivity contribution is -0.122. The molecule has 0 spiro atoms. The van der Waals surface area contributed by atoms with Gasteiger partial charge in [-0.05, 0) is 65.3 Å². The van der Waals surface area contributed by atoms with E-state index in [2.05, 4.69) is 26.1 Å². The quantitative estimate of drug-likeness (QED) is 0.404. The molecule has 1 aromatic heterocycles. The van der Waals surface area contributed by atoms with Gasteiger partial charge in [-0.3, -0.25) is 19.8 Å². The van der Waals surface area contributed by atoms with Crippen LogP contribution in [0.1, 0.15) is 16.9 Å². The number of hydrogen-bond donors (Lipinski definition) is 1. The summed E-state index contributed by atoms with van der Waals surface area (Å²) in [7, 11) is 0. The Bertz CT molecular complexity index is 1070. The minimum absolute atomic E-state index is 0.0423. The Hall–Kier alpha value is -2.49. The van der Waals surface area contributed by atoms with Gasteiger partial charge < -0.3 is 14.1 Å². The highest BCUT2D eigenvalue weighted by Gasteiger charge is 2.35. The van der Waals surface area contributed by atoms with E-state index >= 15 is 0 Å². The Morgan fingerprint density at radius 1 is 1.20 bits per heavy atom. The fourth-order valence-corrected chi connectivity index (χ4v) is 4.26. The number of carbonyl (C=O) groups is 2. The molecular weight excluding hydrogens is 470 g/mol. The van der Waals surface area contributed by atoms with E-state index in [1.165, 1.54) is 11.0 Å². The number of rotatable bonds is 3. The Balaban J connectivity index is 1.69. The molecule has 0 atom stereocenters. The van der Waals surface area contributed by atoms with Crippen LogP contribution in [0.4, 0.5) is 11.6 Å². The normalized spacial score (nSPS) is 18.9. The smallest absolute Gasteiger partial charge is 0.270 e. The van der Waals surface area contributed by atoms with E-state index in [9.17, 15) is 9.59 Å². The van der Waals surface area contributed by atoms with Gasteiger partial charge in [-0.25, -0.2) is 0 Å². The molecule has 30 heavy (non-hydrogen) atoms. The molecule has 156 valence electrons. The fourth-order valence-electron chi connectivity index (χ4n) is 3.43. The number of carbonyl (C=O) groups excluding carboxylic acids is 2. The van der Waals surface area contributed by atoms with Crippen molar-refractivity contribution < 1.29 is 18.7 Å². The Morgan fingerprint density at radius 3 is 2.67 bits per heavy atom. The Labute approximate surface area is 187 Å². The maximum absolute atomic E-state index is 13.2. The van der Waals surface area contributed by atoms with Crippen molar-refractivity contribution in [2.24, 2.45) is 0 Å². The molecule has 0 aliphatic carbocycles. The number of amides is 2. The number of aryl methyl sites for hydroxylation is 1. The number of nitrogens with one attached hydrogen (secondary N) is 1. The molecule has 2 amide bonds. The van der Waals surface area contributed by atoms with Gasteiger partial charge in [0.25, 0.3) is 11.8 Å². The van der Waals surface area contributed by atoms with Crippen molar-refractivity contribution in [2.45, 2.75) is 13.8 Å². The number of anilines is 2. The first kappa shape index (κ1) is 20.8. The van der Waals surface area contributed by atoms with Gasteiger partial charge in [0.15, 0.2) is 5.11 Å². The van der Waals surface area contributed by atoms with Crippen LogP contribution in [-0.2, 0) is 14.3 Å². The van der Waals surface area contributed by atoms with Crippen molar-refractivity contribution in [3.8, 4) is 0 Å². The number of furan rings is 1. The number of nitrogens with zero attached hydrogens (tertiary/aromatic N) is 2. The molecule has 1 N–H and O–H groups in total. The third kappa shape index (κ3) is 3.80. The van der Waals surface area contributed by atoms with Gasteiger partial charge in [0, 0.05) is 19.2 Å². The average molecular weight is 490 g/mol. The van der Waals surface area contributed by atoms with Crippen LogP contribution in [-0.4, -0.2) is 43.2 Å². The van der Waals surface area contributed by atoms with Crippen LogP contribution in [0.3, 0.4) is 0 Å². The van der Waals surface area contributed by atoms with Gasteiger partial charge in [0.1, 0.15) is 11.3 Å². The molecular formula is C21H20BrN3O4S. The highest BCUT2D eigenvalue weighted by molar-refractivity contribution is 9.10. The van der Waals surface area contributed by atoms with E-state index in [0.29, 0.717) is 43.6 Å². The van der Waals surface area contributed by atoms with Crippen molar-refractivity contribution in [1.82, 2.24) is 5.32 Å². The van der Waals surface area contributed by atoms with Crippen LogP contribution < -0.4 is 15.1 Å². The third-order valence-electron chi connectivity index (χ3n) is 5.19. The first-order valence-corrected chi connectivity index (χ1v) is 10.7. The maximum atomic E-state index is 13.2. The van der Waals surface area contributed by atoms with Crippen molar-refractivity contribution in [2.75, 3.05) is 36.1 Å². The lowest BCUT2D eigenvalue weighted by atomic mass is 10.0. The second-order valence-corrected chi connectivity index (χ2v) is 8.32. The topological polar surface area (TPSA) is 75.0 Å². The molecule has 2 saturated heterocycles. The lowest BCUT2D eigenvalue weighted by Crippen LogP contribution is -2.54. The zero-order valence-electron chi connectivity index (χ0n) is 16.5. The summed E-state index contributed by atoms with van der Waals surface area (Å²) in [6.07, 6.45) is 1.45. The predicted molar refractivity (Wildman–Crippen MR) is 122 cm³/mol. The monoisotopic (exact) mass is 489 g/mol. The highest BCUT2D eigenvalue weighted by Crippen LogP contribution is 2.33. The van der Waals surface area contributed by atoms with Gasteiger partial charge in [0.05, 0.1) is 23.4 Å². The molecule has 3 heterocycles. The van der Waals surface area contributed by atoms with Crippen LogP contribution in [0, 0.1) is 13.8 Å². The summed E-state index contributed by atoms with van der Waals surface area (Å²) >= 11 is 8.79. The molecule has 4 rings (SSSR count). The van der Waals surface area contributed by atoms with Gasteiger partial charge >= 0.3 is 0 Å². The van der Waals surface area contributed by atoms with Crippen LogP contribution in [0.15, 0.2) is 38.7 Å². The molecule has 7 nitrogen and oxygen atoms in total. The number of benzene rings is 1. The van der Waals surface area contributed by atoms with Gasteiger partial charge in [0.2, 0.25) is 5.88 Å². The molecule has 9 heteroatoms. The standard InChI is InChI=1S/C21H20BrN3O4S/c1-12-4-3-5-17(13(12)2)25-19(27)15(18(26)23-21(25)30)10-14-11-16(22)20(29-14)24-6-8-28-9-7-24/h3-5,10-11H,6-9H2,1-2H3,(H,23,26,30)/b15-10+. The van der Waals surface area contributed by atoms with Gasteiger partial charge in [-0.1, -0.05) is 12.1 Å². The molecule has 2 fully saturated rings. The SMILES string of the molecule is Cc1cccc(N2C(=O)/C(=C/c3cc(Br)c(N4CCOCC4)o3)C(=O)NC2=S)c1C. The Morgan fingerprint density at radius 2 is 1.93 bits per heavy atom. The molecule has 2 aromatic rings. The fraction of sp³-hybridized carbons (Fsp3) is 0.286.